The Labute approximate surface area is 92.9 Å². The van der Waals surface area contributed by atoms with Gasteiger partial charge in [0.2, 0.25) is 0 Å². The number of amides is 1. The Morgan fingerprint density at radius 1 is 1.44 bits per heavy atom. The zero-order chi connectivity index (χ0) is 11.4. The minimum Gasteiger partial charge on any atom is -0.347 e. The van der Waals surface area contributed by atoms with Gasteiger partial charge in [0.1, 0.15) is 11.5 Å². The van der Waals surface area contributed by atoms with Crippen molar-refractivity contribution in [2.75, 3.05) is 0 Å². The van der Waals surface area contributed by atoms with Gasteiger partial charge in [-0.1, -0.05) is 0 Å². The molecule has 0 bridgehead atoms. The first-order valence-electron chi connectivity index (χ1n) is 4.94. The van der Waals surface area contributed by atoms with Crippen LogP contribution in [0.1, 0.15) is 21.9 Å². The van der Waals surface area contributed by atoms with Crippen molar-refractivity contribution in [1.82, 2.24) is 20.3 Å². The maximum atomic E-state index is 11.6. The Morgan fingerprint density at radius 3 is 2.81 bits per heavy atom. The highest BCUT2D eigenvalue weighted by Gasteiger charge is 2.07. The quantitative estimate of drug-likeness (QED) is 0.805. The smallest absolute Gasteiger partial charge is 0.269 e. The molecule has 5 nitrogen and oxygen atoms in total. The van der Waals surface area contributed by atoms with E-state index in [1.165, 1.54) is 6.20 Å². The Hall–Kier alpha value is -2.17. The molecule has 0 atom stereocenters. The van der Waals surface area contributed by atoms with Gasteiger partial charge >= 0.3 is 0 Å². The van der Waals surface area contributed by atoms with E-state index in [1.54, 1.807) is 19.3 Å². The lowest BCUT2D eigenvalue weighted by Gasteiger charge is -2.02. The Morgan fingerprint density at radius 2 is 2.19 bits per heavy atom. The molecule has 2 rings (SSSR count). The van der Waals surface area contributed by atoms with Gasteiger partial charge in [-0.2, -0.15) is 0 Å². The topological polar surface area (TPSA) is 70.7 Å². The van der Waals surface area contributed by atoms with E-state index >= 15 is 0 Å². The third-order valence-corrected chi connectivity index (χ3v) is 2.15. The lowest BCUT2D eigenvalue weighted by Crippen LogP contribution is -2.23. The summed E-state index contributed by atoms with van der Waals surface area (Å²) in [6, 6.07) is 3.72. The molecule has 0 spiro atoms. The first-order chi connectivity index (χ1) is 7.75. The first kappa shape index (κ1) is 10.4. The van der Waals surface area contributed by atoms with Gasteiger partial charge in [0.15, 0.2) is 0 Å². The molecule has 0 aliphatic carbocycles. The van der Waals surface area contributed by atoms with E-state index in [2.05, 4.69) is 20.3 Å². The van der Waals surface area contributed by atoms with Crippen LogP contribution in [0.4, 0.5) is 0 Å². The molecule has 2 N–H and O–H groups in total. The number of carbonyl (C=O) groups is 1. The minimum absolute atomic E-state index is 0.155. The molecular weight excluding hydrogens is 204 g/mol. The van der Waals surface area contributed by atoms with Gasteiger partial charge in [0, 0.05) is 18.9 Å². The predicted molar refractivity (Wildman–Crippen MR) is 58.7 cm³/mol. The van der Waals surface area contributed by atoms with Crippen LogP contribution in [0.3, 0.4) is 0 Å². The monoisotopic (exact) mass is 216 g/mol. The molecule has 0 radical (unpaired) electrons. The molecule has 2 aromatic heterocycles. The Kier molecular flexibility index (Phi) is 2.95. The van der Waals surface area contributed by atoms with E-state index in [4.69, 9.17) is 0 Å². The third kappa shape index (κ3) is 2.44. The average Bonchev–Trinajstić information content (AvgIpc) is 2.74. The van der Waals surface area contributed by atoms with Crippen molar-refractivity contribution in [1.29, 1.82) is 0 Å². The van der Waals surface area contributed by atoms with Crippen LogP contribution in [0.15, 0.2) is 30.7 Å². The molecule has 0 saturated heterocycles. The lowest BCUT2D eigenvalue weighted by atomic mass is 10.2. The second-order valence-corrected chi connectivity index (χ2v) is 3.42. The van der Waals surface area contributed by atoms with E-state index in [1.807, 2.05) is 12.1 Å². The van der Waals surface area contributed by atoms with Crippen LogP contribution in [0, 0.1) is 6.92 Å². The summed E-state index contributed by atoms with van der Waals surface area (Å²) < 4.78 is 0. The summed E-state index contributed by atoms with van der Waals surface area (Å²) in [6.45, 7) is 2.29. The Balaban J connectivity index is 1.94. The highest BCUT2D eigenvalue weighted by Crippen LogP contribution is 1.98. The summed E-state index contributed by atoms with van der Waals surface area (Å²) in [5.41, 5.74) is 1.49. The molecule has 16 heavy (non-hydrogen) atoms. The fourth-order valence-corrected chi connectivity index (χ4v) is 1.31. The molecule has 5 heteroatoms. The van der Waals surface area contributed by atoms with Gasteiger partial charge in [0.25, 0.3) is 5.91 Å². The van der Waals surface area contributed by atoms with Crippen LogP contribution in [0.5, 0.6) is 0 Å². The number of pyridine rings is 1. The van der Waals surface area contributed by atoms with Crippen molar-refractivity contribution in [3.8, 4) is 0 Å². The summed E-state index contributed by atoms with van der Waals surface area (Å²) in [6.07, 6.45) is 4.92. The second-order valence-electron chi connectivity index (χ2n) is 3.42. The Bertz CT molecular complexity index is 478. The minimum atomic E-state index is -0.155. The number of nitrogens with one attached hydrogen (secondary N) is 2. The van der Waals surface area contributed by atoms with Crippen LogP contribution in [0.2, 0.25) is 0 Å². The van der Waals surface area contributed by atoms with Crippen molar-refractivity contribution >= 4 is 5.91 Å². The van der Waals surface area contributed by atoms with Crippen molar-refractivity contribution in [2.45, 2.75) is 13.5 Å². The highest BCUT2D eigenvalue weighted by molar-refractivity contribution is 5.92. The molecule has 0 aromatic carbocycles. The normalized spacial score (nSPS) is 10.1. The first-order valence-corrected chi connectivity index (χ1v) is 4.94. The summed E-state index contributed by atoms with van der Waals surface area (Å²) >= 11 is 0. The molecular formula is C11H12N4O. The average molecular weight is 216 g/mol. The number of imidazole rings is 1. The third-order valence-electron chi connectivity index (χ3n) is 2.15. The van der Waals surface area contributed by atoms with E-state index in [-0.39, 0.29) is 5.91 Å². The number of aryl methyl sites for hydroxylation is 1. The number of hydrogen-bond donors (Lipinski definition) is 2. The number of H-pyrrole nitrogens is 1. The van der Waals surface area contributed by atoms with Crippen LogP contribution in [-0.2, 0) is 6.54 Å². The van der Waals surface area contributed by atoms with E-state index in [0.29, 0.717) is 12.2 Å². The second kappa shape index (κ2) is 4.57. The zero-order valence-electron chi connectivity index (χ0n) is 8.90. The largest absolute Gasteiger partial charge is 0.347 e. The maximum Gasteiger partial charge on any atom is 0.269 e. The van der Waals surface area contributed by atoms with Crippen LogP contribution in [-0.4, -0.2) is 20.9 Å². The number of aromatic nitrogens is 3. The van der Waals surface area contributed by atoms with E-state index in [9.17, 15) is 4.79 Å². The van der Waals surface area contributed by atoms with Crippen LogP contribution < -0.4 is 5.32 Å². The fraction of sp³-hybridized carbons (Fsp3) is 0.182. The molecule has 0 saturated carbocycles. The van der Waals surface area contributed by atoms with Crippen molar-refractivity contribution < 1.29 is 4.79 Å². The van der Waals surface area contributed by atoms with Gasteiger partial charge in [-0.15, -0.1) is 0 Å². The molecule has 0 aliphatic rings. The standard InChI is InChI=1S/C11H12N4O/c1-8-13-7-10(15-8)11(16)14-6-9-2-4-12-5-3-9/h2-5,7H,6H2,1H3,(H,13,15)(H,14,16). The summed E-state index contributed by atoms with van der Waals surface area (Å²) in [5.74, 6) is 0.575. The maximum absolute atomic E-state index is 11.6. The number of aromatic amines is 1. The molecule has 2 heterocycles. The van der Waals surface area contributed by atoms with Gasteiger partial charge < -0.3 is 10.3 Å². The van der Waals surface area contributed by atoms with Crippen molar-refractivity contribution in [3.05, 3.63) is 47.8 Å². The van der Waals surface area contributed by atoms with E-state index in [0.717, 1.165) is 11.4 Å². The van der Waals surface area contributed by atoms with Crippen molar-refractivity contribution in [3.63, 3.8) is 0 Å². The zero-order valence-corrected chi connectivity index (χ0v) is 8.90. The van der Waals surface area contributed by atoms with Gasteiger partial charge in [0.05, 0.1) is 6.20 Å². The fourth-order valence-electron chi connectivity index (χ4n) is 1.31. The molecule has 2 aromatic rings. The van der Waals surface area contributed by atoms with E-state index < -0.39 is 0 Å². The molecule has 0 fully saturated rings. The lowest BCUT2D eigenvalue weighted by molar-refractivity contribution is 0.0946. The van der Waals surface area contributed by atoms with Gasteiger partial charge in [-0.25, -0.2) is 4.98 Å². The highest BCUT2D eigenvalue weighted by atomic mass is 16.1. The number of hydrogen-bond acceptors (Lipinski definition) is 3. The predicted octanol–water partition coefficient (Wildman–Crippen LogP) is 1.04. The summed E-state index contributed by atoms with van der Waals surface area (Å²) in [4.78, 5) is 22.4. The van der Waals surface area contributed by atoms with Crippen molar-refractivity contribution in [2.24, 2.45) is 0 Å². The SMILES string of the molecule is Cc1ncc(C(=O)NCc2ccncc2)[nH]1. The summed E-state index contributed by atoms with van der Waals surface area (Å²) in [5, 5.41) is 2.79. The molecule has 1 amide bonds. The molecule has 82 valence electrons. The van der Waals surface area contributed by atoms with Crippen LogP contribution in [0.25, 0.3) is 0 Å². The number of nitrogens with zero attached hydrogens (tertiary/aromatic N) is 2. The van der Waals surface area contributed by atoms with Gasteiger partial charge in [-0.05, 0) is 24.6 Å². The van der Waals surface area contributed by atoms with Crippen LogP contribution >= 0.6 is 0 Å². The molecule has 0 aliphatic heterocycles. The van der Waals surface area contributed by atoms with Gasteiger partial charge in [-0.3, -0.25) is 9.78 Å². The molecule has 0 unspecified atom stereocenters. The number of rotatable bonds is 3. The number of carbonyl (C=O) groups excluding carboxylic acids is 1. The summed E-state index contributed by atoms with van der Waals surface area (Å²) in [7, 11) is 0.